The lowest BCUT2D eigenvalue weighted by Gasteiger charge is -2.02. The fourth-order valence-electron chi connectivity index (χ4n) is 0.869. The molecule has 0 unspecified atom stereocenters. The summed E-state index contributed by atoms with van der Waals surface area (Å²) in [6.45, 7) is 3.49. The first-order valence-corrected chi connectivity index (χ1v) is 3.89. The number of hydrogen-bond donors (Lipinski definition) is 1. The maximum absolute atomic E-state index is 11.0. The van der Waals surface area contributed by atoms with E-state index in [-0.39, 0.29) is 5.91 Å². The summed E-state index contributed by atoms with van der Waals surface area (Å²) in [5.74, 6) is 5.13. The van der Waals surface area contributed by atoms with Crippen LogP contribution in [0.1, 0.15) is 12.5 Å². The molecule has 0 spiro atoms. The van der Waals surface area contributed by atoms with Gasteiger partial charge in [-0.25, -0.2) is 4.98 Å². The van der Waals surface area contributed by atoms with Gasteiger partial charge >= 0.3 is 5.91 Å². The molecule has 1 aromatic heterocycles. The van der Waals surface area contributed by atoms with Crippen LogP contribution in [-0.4, -0.2) is 10.9 Å². The van der Waals surface area contributed by atoms with Gasteiger partial charge in [-0.05, 0) is 31.4 Å². The molecule has 0 aromatic carbocycles. The zero-order valence-corrected chi connectivity index (χ0v) is 7.59. The van der Waals surface area contributed by atoms with Gasteiger partial charge in [0.1, 0.15) is 5.82 Å². The third-order valence-electron chi connectivity index (χ3n) is 1.48. The predicted octanol–water partition coefficient (Wildman–Crippen LogP) is 1.35. The Kier molecular flexibility index (Phi) is 3.04. The second-order valence-corrected chi connectivity index (χ2v) is 2.50. The maximum Gasteiger partial charge on any atom is 0.301 e. The van der Waals surface area contributed by atoms with Crippen molar-refractivity contribution in [3.8, 4) is 11.8 Å². The molecule has 1 heterocycles. The third-order valence-corrected chi connectivity index (χ3v) is 1.48. The van der Waals surface area contributed by atoms with Gasteiger partial charge in [-0.1, -0.05) is 12.0 Å². The van der Waals surface area contributed by atoms with Crippen molar-refractivity contribution in [3.05, 3.63) is 23.9 Å². The highest BCUT2D eigenvalue weighted by Gasteiger charge is 2.00. The molecule has 1 amide bonds. The van der Waals surface area contributed by atoms with Crippen molar-refractivity contribution >= 4 is 11.7 Å². The number of nitrogens with zero attached hydrogens (tertiary/aromatic N) is 1. The third kappa shape index (κ3) is 2.60. The van der Waals surface area contributed by atoms with Gasteiger partial charge in [-0.3, -0.25) is 10.1 Å². The number of carbonyl (C=O) groups excluding carboxylic acids is 1. The van der Waals surface area contributed by atoms with Crippen LogP contribution in [0.3, 0.4) is 0 Å². The number of nitrogens with one attached hydrogen (secondary N) is 1. The lowest BCUT2D eigenvalue weighted by Crippen LogP contribution is -2.10. The van der Waals surface area contributed by atoms with E-state index in [0.717, 1.165) is 5.56 Å². The smallest absolute Gasteiger partial charge is 0.299 e. The molecule has 1 N–H and O–H groups in total. The van der Waals surface area contributed by atoms with Gasteiger partial charge in [0.25, 0.3) is 0 Å². The van der Waals surface area contributed by atoms with Gasteiger partial charge in [0.2, 0.25) is 0 Å². The number of aryl methyl sites for hydroxylation is 1. The van der Waals surface area contributed by atoms with E-state index in [1.807, 2.05) is 19.1 Å². The summed E-state index contributed by atoms with van der Waals surface area (Å²) >= 11 is 0. The molecule has 0 bridgehead atoms. The quantitative estimate of drug-likeness (QED) is 0.653. The van der Waals surface area contributed by atoms with E-state index in [2.05, 4.69) is 22.1 Å². The van der Waals surface area contributed by atoms with E-state index in [0.29, 0.717) is 5.82 Å². The molecular weight excluding hydrogens is 164 g/mol. The Morgan fingerprint density at radius 2 is 2.38 bits per heavy atom. The van der Waals surface area contributed by atoms with E-state index >= 15 is 0 Å². The lowest BCUT2D eigenvalue weighted by molar-refractivity contribution is -0.111. The van der Waals surface area contributed by atoms with Gasteiger partial charge < -0.3 is 0 Å². The minimum Gasteiger partial charge on any atom is -0.299 e. The Hall–Kier alpha value is -1.82. The van der Waals surface area contributed by atoms with Crippen molar-refractivity contribution in [2.45, 2.75) is 13.8 Å². The first-order chi connectivity index (χ1) is 6.24. The summed E-state index contributed by atoms with van der Waals surface area (Å²) in [5, 5.41) is 2.59. The number of amides is 1. The second kappa shape index (κ2) is 4.27. The summed E-state index contributed by atoms with van der Waals surface area (Å²) in [6, 6.07) is 3.69. The first kappa shape index (κ1) is 9.27. The molecule has 0 aliphatic rings. The van der Waals surface area contributed by atoms with E-state index in [9.17, 15) is 4.79 Å². The number of rotatable bonds is 1. The van der Waals surface area contributed by atoms with E-state index < -0.39 is 0 Å². The van der Waals surface area contributed by atoms with Crippen molar-refractivity contribution in [2.75, 3.05) is 5.32 Å². The zero-order valence-electron chi connectivity index (χ0n) is 7.59. The predicted molar refractivity (Wildman–Crippen MR) is 51.1 cm³/mol. The normalized spacial score (nSPS) is 8.46. The van der Waals surface area contributed by atoms with Gasteiger partial charge in [0, 0.05) is 6.20 Å². The summed E-state index contributed by atoms with van der Waals surface area (Å²) < 4.78 is 0. The molecule has 0 aliphatic carbocycles. The number of hydrogen-bond acceptors (Lipinski definition) is 2. The zero-order chi connectivity index (χ0) is 9.68. The monoisotopic (exact) mass is 174 g/mol. The number of aromatic nitrogens is 1. The summed E-state index contributed by atoms with van der Waals surface area (Å²) in [4.78, 5) is 15.0. The maximum atomic E-state index is 11.0. The van der Waals surface area contributed by atoms with Crippen LogP contribution in [0.25, 0.3) is 0 Å². The topological polar surface area (TPSA) is 42.0 Å². The van der Waals surface area contributed by atoms with Crippen molar-refractivity contribution < 1.29 is 4.79 Å². The Labute approximate surface area is 77.2 Å². The second-order valence-electron chi connectivity index (χ2n) is 2.50. The van der Waals surface area contributed by atoms with Crippen LogP contribution in [0.4, 0.5) is 5.82 Å². The van der Waals surface area contributed by atoms with Gasteiger partial charge in [0.15, 0.2) is 0 Å². The van der Waals surface area contributed by atoms with Gasteiger partial charge in [-0.2, -0.15) is 0 Å². The van der Waals surface area contributed by atoms with E-state index in [4.69, 9.17) is 0 Å². The van der Waals surface area contributed by atoms with E-state index in [1.54, 1.807) is 13.1 Å². The van der Waals surface area contributed by atoms with Crippen molar-refractivity contribution in [1.29, 1.82) is 0 Å². The minimum atomic E-state index is -0.329. The van der Waals surface area contributed by atoms with Crippen LogP contribution in [0.2, 0.25) is 0 Å². The number of anilines is 1. The SMILES string of the molecule is CC#CC(=O)Nc1ncccc1C. The summed E-state index contributed by atoms with van der Waals surface area (Å²) in [7, 11) is 0. The molecule has 1 rings (SSSR count). The summed E-state index contributed by atoms with van der Waals surface area (Å²) in [6.07, 6.45) is 1.63. The van der Waals surface area contributed by atoms with Crippen molar-refractivity contribution in [1.82, 2.24) is 4.98 Å². The molecule has 66 valence electrons. The Balaban J connectivity index is 2.78. The molecule has 3 nitrogen and oxygen atoms in total. The fourth-order valence-corrected chi connectivity index (χ4v) is 0.869. The highest BCUT2D eigenvalue weighted by atomic mass is 16.1. The largest absolute Gasteiger partial charge is 0.301 e. The van der Waals surface area contributed by atoms with Crippen LogP contribution in [0, 0.1) is 18.8 Å². The molecule has 0 saturated heterocycles. The standard InChI is InChI=1S/C10H10N2O/c1-3-5-9(13)12-10-8(2)6-4-7-11-10/h4,6-7H,1-2H3,(H,11,12,13). The molecule has 3 heteroatoms. The van der Waals surface area contributed by atoms with Crippen LogP contribution in [-0.2, 0) is 4.79 Å². The average molecular weight is 174 g/mol. The Morgan fingerprint density at radius 1 is 1.62 bits per heavy atom. The van der Waals surface area contributed by atoms with Gasteiger partial charge in [-0.15, -0.1) is 0 Å². The molecular formula is C10H10N2O. The van der Waals surface area contributed by atoms with Crippen LogP contribution in [0.15, 0.2) is 18.3 Å². The number of pyridine rings is 1. The Morgan fingerprint density at radius 3 is 3.00 bits per heavy atom. The first-order valence-electron chi connectivity index (χ1n) is 3.89. The van der Waals surface area contributed by atoms with Crippen molar-refractivity contribution in [2.24, 2.45) is 0 Å². The average Bonchev–Trinajstić information content (AvgIpc) is 2.09. The summed E-state index contributed by atoms with van der Waals surface area (Å²) in [5.41, 5.74) is 0.925. The van der Waals surface area contributed by atoms with Crippen LogP contribution >= 0.6 is 0 Å². The fraction of sp³-hybridized carbons (Fsp3) is 0.200. The molecule has 1 aromatic rings. The van der Waals surface area contributed by atoms with Crippen LogP contribution < -0.4 is 5.32 Å². The van der Waals surface area contributed by atoms with Crippen molar-refractivity contribution in [3.63, 3.8) is 0 Å². The molecule has 0 saturated carbocycles. The highest BCUT2D eigenvalue weighted by molar-refractivity contribution is 6.03. The molecule has 13 heavy (non-hydrogen) atoms. The molecule has 0 atom stereocenters. The number of carbonyl (C=O) groups is 1. The minimum absolute atomic E-state index is 0.329. The molecule has 0 aliphatic heterocycles. The van der Waals surface area contributed by atoms with E-state index in [1.165, 1.54) is 0 Å². The van der Waals surface area contributed by atoms with Crippen LogP contribution in [0.5, 0.6) is 0 Å². The highest BCUT2D eigenvalue weighted by Crippen LogP contribution is 2.08. The molecule has 0 fully saturated rings. The molecule has 0 radical (unpaired) electrons. The Bertz CT molecular complexity index is 374. The van der Waals surface area contributed by atoms with Gasteiger partial charge in [0.05, 0.1) is 0 Å². The lowest BCUT2D eigenvalue weighted by atomic mass is 10.3.